The minimum Gasteiger partial charge on any atom is -0.445 e. The molecule has 0 aliphatic heterocycles. The molecule has 0 saturated carbocycles. The molecule has 0 atom stereocenters. The van der Waals surface area contributed by atoms with E-state index in [4.69, 9.17) is 4.74 Å². The summed E-state index contributed by atoms with van der Waals surface area (Å²) in [5.41, 5.74) is 2.17. The highest BCUT2D eigenvalue weighted by Crippen LogP contribution is 2.04. The summed E-state index contributed by atoms with van der Waals surface area (Å²) in [7, 11) is 1.54. The van der Waals surface area contributed by atoms with Crippen molar-refractivity contribution in [2.24, 2.45) is 0 Å². The Labute approximate surface area is 77.7 Å². The van der Waals surface area contributed by atoms with Crippen LogP contribution < -0.4 is 5.32 Å². The van der Waals surface area contributed by atoms with Gasteiger partial charge in [-0.25, -0.2) is 4.79 Å². The summed E-state index contributed by atoms with van der Waals surface area (Å²) in [5.74, 6) is 0. The Balaban J connectivity index is 2.50. The third-order valence-electron chi connectivity index (χ3n) is 1.66. The number of carbonyl (C=O) groups excluding carboxylic acids is 1. The molecule has 1 aromatic rings. The number of benzene rings is 1. The maximum absolute atomic E-state index is 10.7. The fourth-order valence-corrected chi connectivity index (χ4v) is 1.02. The average molecular weight is 179 g/mol. The highest BCUT2D eigenvalue weighted by Gasteiger charge is 1.98. The molecule has 1 N–H and O–H groups in total. The molecule has 0 aliphatic rings. The van der Waals surface area contributed by atoms with Gasteiger partial charge in [0.25, 0.3) is 0 Å². The Bertz CT molecular complexity index is 297. The molecule has 0 spiro atoms. The number of hydrogen-bond donors (Lipinski definition) is 1. The molecular weight excluding hydrogens is 166 g/mol. The number of ether oxygens (including phenoxy) is 1. The minimum atomic E-state index is -0.401. The molecule has 0 saturated heterocycles. The Morgan fingerprint density at radius 1 is 1.54 bits per heavy atom. The number of nitrogens with one attached hydrogen (secondary N) is 1. The average Bonchev–Trinajstić information content (AvgIpc) is 2.14. The number of carbonyl (C=O) groups is 1. The molecule has 0 fully saturated rings. The van der Waals surface area contributed by atoms with Crippen LogP contribution in [0.3, 0.4) is 0 Å². The molecular formula is C10H13NO2. The lowest BCUT2D eigenvalue weighted by Crippen LogP contribution is -2.18. The van der Waals surface area contributed by atoms with Crippen molar-refractivity contribution in [1.82, 2.24) is 5.32 Å². The maximum atomic E-state index is 10.7. The molecule has 13 heavy (non-hydrogen) atoms. The monoisotopic (exact) mass is 179 g/mol. The Morgan fingerprint density at radius 3 is 2.92 bits per heavy atom. The first-order valence-corrected chi connectivity index (χ1v) is 4.12. The van der Waals surface area contributed by atoms with Crippen LogP contribution in [0.2, 0.25) is 0 Å². The van der Waals surface area contributed by atoms with Gasteiger partial charge in [0.05, 0.1) is 0 Å². The fourth-order valence-electron chi connectivity index (χ4n) is 1.02. The summed E-state index contributed by atoms with van der Waals surface area (Å²) in [6.07, 6.45) is -0.401. The van der Waals surface area contributed by atoms with Crippen molar-refractivity contribution in [2.45, 2.75) is 13.5 Å². The van der Waals surface area contributed by atoms with Gasteiger partial charge in [-0.15, -0.1) is 0 Å². The SMILES string of the molecule is CNC(=O)OCc1cccc(C)c1. The molecule has 3 heteroatoms. The Morgan fingerprint density at radius 2 is 2.31 bits per heavy atom. The smallest absolute Gasteiger partial charge is 0.407 e. The van der Waals surface area contributed by atoms with Crippen molar-refractivity contribution in [1.29, 1.82) is 0 Å². The molecule has 3 nitrogen and oxygen atoms in total. The van der Waals surface area contributed by atoms with E-state index in [9.17, 15) is 4.79 Å². The van der Waals surface area contributed by atoms with E-state index >= 15 is 0 Å². The number of amides is 1. The van der Waals surface area contributed by atoms with Gasteiger partial charge in [-0.05, 0) is 12.5 Å². The van der Waals surface area contributed by atoms with Crippen LogP contribution >= 0.6 is 0 Å². The van der Waals surface area contributed by atoms with Crippen molar-refractivity contribution >= 4 is 6.09 Å². The summed E-state index contributed by atoms with van der Waals surface area (Å²) in [5, 5.41) is 2.39. The van der Waals surface area contributed by atoms with Crippen LogP contribution in [0.5, 0.6) is 0 Å². The van der Waals surface area contributed by atoms with E-state index in [1.165, 1.54) is 0 Å². The minimum absolute atomic E-state index is 0.321. The van der Waals surface area contributed by atoms with E-state index in [2.05, 4.69) is 5.32 Å². The van der Waals surface area contributed by atoms with Gasteiger partial charge < -0.3 is 10.1 Å². The van der Waals surface area contributed by atoms with Crippen LogP contribution in [0.25, 0.3) is 0 Å². The summed E-state index contributed by atoms with van der Waals surface area (Å²) in [4.78, 5) is 10.7. The number of aryl methyl sites for hydroxylation is 1. The van der Waals surface area contributed by atoms with Crippen molar-refractivity contribution in [3.63, 3.8) is 0 Å². The summed E-state index contributed by atoms with van der Waals surface area (Å²) >= 11 is 0. The van der Waals surface area contributed by atoms with Gasteiger partial charge in [-0.3, -0.25) is 0 Å². The summed E-state index contributed by atoms with van der Waals surface area (Å²) < 4.78 is 4.88. The lowest BCUT2D eigenvalue weighted by Gasteiger charge is -2.04. The van der Waals surface area contributed by atoms with Crippen LogP contribution in [0.4, 0.5) is 4.79 Å². The van der Waals surface area contributed by atoms with Crippen LogP contribution in [0.1, 0.15) is 11.1 Å². The number of hydrogen-bond acceptors (Lipinski definition) is 2. The molecule has 1 aromatic carbocycles. The Hall–Kier alpha value is -1.51. The molecule has 0 heterocycles. The second kappa shape index (κ2) is 4.50. The molecule has 1 rings (SSSR count). The molecule has 0 radical (unpaired) electrons. The summed E-state index contributed by atoms with van der Waals surface area (Å²) in [6.45, 7) is 2.32. The van der Waals surface area contributed by atoms with Gasteiger partial charge in [0, 0.05) is 7.05 Å². The van der Waals surface area contributed by atoms with E-state index in [1.807, 2.05) is 31.2 Å². The zero-order chi connectivity index (χ0) is 9.68. The highest BCUT2D eigenvalue weighted by molar-refractivity contribution is 5.66. The van der Waals surface area contributed by atoms with E-state index in [0.29, 0.717) is 6.61 Å². The van der Waals surface area contributed by atoms with Gasteiger partial charge in [-0.1, -0.05) is 29.8 Å². The summed E-state index contributed by atoms with van der Waals surface area (Å²) in [6, 6.07) is 7.86. The third-order valence-corrected chi connectivity index (χ3v) is 1.66. The van der Waals surface area contributed by atoms with E-state index in [1.54, 1.807) is 7.05 Å². The zero-order valence-electron chi connectivity index (χ0n) is 7.83. The van der Waals surface area contributed by atoms with Gasteiger partial charge in [0.2, 0.25) is 0 Å². The lowest BCUT2D eigenvalue weighted by atomic mass is 10.1. The van der Waals surface area contributed by atoms with Crippen LogP contribution in [0, 0.1) is 6.92 Å². The first-order chi connectivity index (χ1) is 6.22. The molecule has 0 aromatic heterocycles. The topological polar surface area (TPSA) is 38.3 Å². The lowest BCUT2D eigenvalue weighted by molar-refractivity contribution is 0.142. The van der Waals surface area contributed by atoms with Gasteiger partial charge in [-0.2, -0.15) is 0 Å². The largest absolute Gasteiger partial charge is 0.445 e. The Kier molecular flexibility index (Phi) is 3.31. The van der Waals surface area contributed by atoms with Gasteiger partial charge >= 0.3 is 6.09 Å². The van der Waals surface area contributed by atoms with Crippen molar-refractivity contribution < 1.29 is 9.53 Å². The van der Waals surface area contributed by atoms with E-state index in [-0.39, 0.29) is 0 Å². The van der Waals surface area contributed by atoms with Crippen molar-refractivity contribution in [3.05, 3.63) is 35.4 Å². The third kappa shape index (κ3) is 3.15. The van der Waals surface area contributed by atoms with Gasteiger partial charge in [0.1, 0.15) is 6.61 Å². The molecule has 0 bridgehead atoms. The predicted molar refractivity (Wildman–Crippen MR) is 50.4 cm³/mol. The first kappa shape index (κ1) is 9.58. The van der Waals surface area contributed by atoms with Crippen molar-refractivity contribution in [2.75, 3.05) is 7.05 Å². The predicted octanol–water partition coefficient (Wildman–Crippen LogP) is 1.85. The van der Waals surface area contributed by atoms with E-state index in [0.717, 1.165) is 11.1 Å². The second-order valence-corrected chi connectivity index (χ2v) is 2.82. The normalized spacial score (nSPS) is 9.38. The van der Waals surface area contributed by atoms with Crippen LogP contribution in [0.15, 0.2) is 24.3 Å². The second-order valence-electron chi connectivity index (χ2n) is 2.82. The highest BCUT2D eigenvalue weighted by atomic mass is 16.5. The molecule has 1 amide bonds. The van der Waals surface area contributed by atoms with Crippen LogP contribution in [-0.4, -0.2) is 13.1 Å². The maximum Gasteiger partial charge on any atom is 0.407 e. The van der Waals surface area contributed by atoms with Crippen molar-refractivity contribution in [3.8, 4) is 0 Å². The van der Waals surface area contributed by atoms with Gasteiger partial charge in [0.15, 0.2) is 0 Å². The number of rotatable bonds is 2. The number of alkyl carbamates (subject to hydrolysis) is 1. The zero-order valence-corrected chi connectivity index (χ0v) is 7.83. The fraction of sp³-hybridized carbons (Fsp3) is 0.300. The molecule has 0 unspecified atom stereocenters. The van der Waals surface area contributed by atoms with E-state index < -0.39 is 6.09 Å². The quantitative estimate of drug-likeness (QED) is 0.752. The first-order valence-electron chi connectivity index (χ1n) is 4.12. The molecule has 0 aliphatic carbocycles. The standard InChI is InChI=1S/C10H13NO2/c1-8-4-3-5-9(6-8)7-13-10(12)11-2/h3-6H,7H2,1-2H3,(H,11,12). The molecule has 70 valence electrons. The van der Waals surface area contributed by atoms with Crippen LogP contribution in [-0.2, 0) is 11.3 Å².